The van der Waals surface area contributed by atoms with Crippen LogP contribution in [-0.2, 0) is 6.61 Å². The van der Waals surface area contributed by atoms with Crippen molar-refractivity contribution < 1.29 is 13.5 Å². The molecule has 0 aliphatic carbocycles. The first-order valence-electron chi connectivity index (χ1n) is 6.36. The maximum atomic E-state index is 13.5. The minimum absolute atomic E-state index is 0.0179. The number of fused-ring (bicyclic) bond motifs is 1. The summed E-state index contributed by atoms with van der Waals surface area (Å²) in [7, 11) is 0. The number of para-hydroxylation sites is 1. The van der Waals surface area contributed by atoms with E-state index in [0.29, 0.717) is 11.4 Å². The zero-order valence-electron chi connectivity index (χ0n) is 11.0. The fourth-order valence-electron chi connectivity index (χ4n) is 2.04. The Hall–Kier alpha value is -2.69. The number of aromatic nitrogens is 1. The molecule has 0 spiro atoms. The van der Waals surface area contributed by atoms with Gasteiger partial charge in [0.1, 0.15) is 12.4 Å². The number of pyridine rings is 1. The minimum atomic E-state index is -1.01. The fourth-order valence-corrected chi connectivity index (χ4v) is 2.04. The van der Waals surface area contributed by atoms with Gasteiger partial charge in [0.25, 0.3) is 0 Å². The summed E-state index contributed by atoms with van der Waals surface area (Å²) in [5.41, 5.74) is 7.26. The number of hydrogen-bond acceptors (Lipinski definition) is 3. The predicted molar refractivity (Wildman–Crippen MR) is 76.8 cm³/mol. The van der Waals surface area contributed by atoms with Gasteiger partial charge in [-0.25, -0.2) is 9.37 Å². The molecule has 1 heterocycles. The highest BCUT2D eigenvalue weighted by Crippen LogP contribution is 2.23. The van der Waals surface area contributed by atoms with Crippen LogP contribution >= 0.6 is 0 Å². The van der Waals surface area contributed by atoms with E-state index in [1.54, 1.807) is 0 Å². The molecule has 0 radical (unpaired) electrons. The smallest absolute Gasteiger partial charge is 0.200 e. The summed E-state index contributed by atoms with van der Waals surface area (Å²) in [5, 5.41) is 0.907. The van der Waals surface area contributed by atoms with Crippen molar-refractivity contribution in [2.45, 2.75) is 6.61 Å². The highest BCUT2D eigenvalue weighted by Gasteiger charge is 2.10. The van der Waals surface area contributed by atoms with E-state index in [0.717, 1.165) is 17.0 Å². The maximum absolute atomic E-state index is 13.5. The molecule has 106 valence electrons. The third-order valence-corrected chi connectivity index (χ3v) is 3.14. The van der Waals surface area contributed by atoms with Gasteiger partial charge in [0.15, 0.2) is 11.6 Å². The monoisotopic (exact) mass is 286 g/mol. The van der Waals surface area contributed by atoms with Crippen molar-refractivity contribution in [2.24, 2.45) is 0 Å². The molecule has 1 aromatic heterocycles. The van der Waals surface area contributed by atoms with E-state index in [4.69, 9.17) is 10.5 Å². The number of halogens is 2. The second-order valence-electron chi connectivity index (χ2n) is 4.57. The van der Waals surface area contributed by atoms with Crippen LogP contribution in [0.4, 0.5) is 14.6 Å². The summed E-state index contributed by atoms with van der Waals surface area (Å²) in [4.78, 5) is 4.26. The third kappa shape index (κ3) is 2.63. The summed E-state index contributed by atoms with van der Waals surface area (Å²) in [6, 6.07) is 13.1. The Balaban J connectivity index is 1.88. The van der Waals surface area contributed by atoms with Gasteiger partial charge in [0, 0.05) is 10.9 Å². The fraction of sp³-hybridized carbons (Fsp3) is 0.0625. The van der Waals surface area contributed by atoms with E-state index in [9.17, 15) is 8.78 Å². The number of anilines is 1. The Kier molecular flexibility index (Phi) is 3.39. The van der Waals surface area contributed by atoms with Crippen LogP contribution in [0.15, 0.2) is 48.5 Å². The minimum Gasteiger partial charge on any atom is -0.486 e. The van der Waals surface area contributed by atoms with E-state index in [2.05, 4.69) is 4.98 Å². The van der Waals surface area contributed by atoms with Crippen LogP contribution in [0.5, 0.6) is 5.75 Å². The maximum Gasteiger partial charge on any atom is 0.200 e. The second-order valence-corrected chi connectivity index (χ2v) is 4.57. The molecule has 0 atom stereocenters. The van der Waals surface area contributed by atoms with Crippen molar-refractivity contribution in [1.29, 1.82) is 0 Å². The van der Waals surface area contributed by atoms with Gasteiger partial charge < -0.3 is 10.5 Å². The van der Waals surface area contributed by atoms with Crippen LogP contribution in [0.3, 0.4) is 0 Å². The Morgan fingerprint density at radius 3 is 2.71 bits per heavy atom. The summed E-state index contributed by atoms with van der Waals surface area (Å²) in [6.45, 7) is 0.0179. The van der Waals surface area contributed by atoms with Gasteiger partial charge in [-0.05, 0) is 24.3 Å². The van der Waals surface area contributed by atoms with Gasteiger partial charge >= 0.3 is 0 Å². The summed E-state index contributed by atoms with van der Waals surface area (Å²) in [6.07, 6.45) is 0. The molecule has 0 saturated carbocycles. The van der Waals surface area contributed by atoms with Gasteiger partial charge in [-0.15, -0.1) is 0 Å². The Morgan fingerprint density at radius 1 is 1.05 bits per heavy atom. The van der Waals surface area contributed by atoms with Crippen LogP contribution in [0.25, 0.3) is 10.9 Å². The highest BCUT2D eigenvalue weighted by atomic mass is 19.2. The van der Waals surface area contributed by atoms with E-state index >= 15 is 0 Å². The zero-order chi connectivity index (χ0) is 14.8. The van der Waals surface area contributed by atoms with Gasteiger partial charge in [-0.2, -0.15) is 4.39 Å². The van der Waals surface area contributed by atoms with E-state index in [1.165, 1.54) is 12.1 Å². The van der Waals surface area contributed by atoms with E-state index < -0.39 is 11.6 Å². The quantitative estimate of drug-likeness (QED) is 0.799. The van der Waals surface area contributed by atoms with Gasteiger partial charge in [0.05, 0.1) is 5.52 Å². The number of nitrogens with two attached hydrogens (primary N) is 1. The molecule has 0 unspecified atom stereocenters. The molecule has 0 fully saturated rings. The Morgan fingerprint density at radius 2 is 1.86 bits per heavy atom. The van der Waals surface area contributed by atoms with Crippen molar-refractivity contribution in [3.8, 4) is 5.75 Å². The lowest BCUT2D eigenvalue weighted by Crippen LogP contribution is -2.04. The molecule has 21 heavy (non-hydrogen) atoms. The average molecular weight is 286 g/mol. The first-order chi connectivity index (χ1) is 10.1. The number of rotatable bonds is 3. The highest BCUT2D eigenvalue weighted by molar-refractivity contribution is 5.81. The first-order valence-corrected chi connectivity index (χ1v) is 6.36. The molecule has 0 amide bonds. The molecule has 3 nitrogen and oxygen atoms in total. The molecule has 3 rings (SSSR count). The van der Waals surface area contributed by atoms with Crippen molar-refractivity contribution >= 4 is 16.7 Å². The van der Waals surface area contributed by atoms with Crippen molar-refractivity contribution in [3.63, 3.8) is 0 Å². The Bertz CT molecular complexity index is 805. The molecule has 0 aliphatic rings. The van der Waals surface area contributed by atoms with Gasteiger partial charge in [-0.3, -0.25) is 0 Å². The van der Waals surface area contributed by atoms with Crippen LogP contribution in [0.2, 0.25) is 0 Å². The molecule has 2 N–H and O–H groups in total. The lowest BCUT2D eigenvalue weighted by molar-refractivity contribution is 0.285. The molecule has 0 aliphatic heterocycles. The van der Waals surface area contributed by atoms with Crippen LogP contribution in [0.1, 0.15) is 5.56 Å². The number of nitrogen functional groups attached to an aromatic ring is 1. The molecular formula is C16H12F2N2O. The summed E-state index contributed by atoms with van der Waals surface area (Å²) >= 11 is 0. The van der Waals surface area contributed by atoms with Crippen LogP contribution in [0, 0.1) is 11.6 Å². The molecule has 0 bridgehead atoms. The number of hydrogen-bond donors (Lipinski definition) is 1. The van der Waals surface area contributed by atoms with Gasteiger partial charge in [0.2, 0.25) is 5.82 Å². The normalized spacial score (nSPS) is 10.8. The molecule has 3 aromatic rings. The first kappa shape index (κ1) is 13.3. The second kappa shape index (κ2) is 5.36. The number of benzene rings is 2. The van der Waals surface area contributed by atoms with Gasteiger partial charge in [-0.1, -0.05) is 24.3 Å². The van der Waals surface area contributed by atoms with Crippen LogP contribution < -0.4 is 10.5 Å². The summed E-state index contributed by atoms with van der Waals surface area (Å²) < 4.78 is 31.9. The zero-order valence-corrected chi connectivity index (χ0v) is 11.0. The standard InChI is InChI=1S/C16H12F2N2O/c17-12-5-3-7-14(15(12)18)21-9-11-8-10-4-1-2-6-13(10)20-16(11)19/h1-8H,9H2,(H2,19,20). The van der Waals surface area contributed by atoms with Crippen LogP contribution in [-0.4, -0.2) is 4.98 Å². The Labute approximate surface area is 120 Å². The average Bonchev–Trinajstić information content (AvgIpc) is 2.49. The van der Waals surface area contributed by atoms with Crippen molar-refractivity contribution in [3.05, 3.63) is 65.7 Å². The SMILES string of the molecule is Nc1nc2ccccc2cc1COc1cccc(F)c1F. The van der Waals surface area contributed by atoms with Crippen molar-refractivity contribution in [2.75, 3.05) is 5.73 Å². The predicted octanol–water partition coefficient (Wildman–Crippen LogP) is 3.67. The molecule has 5 heteroatoms. The lowest BCUT2D eigenvalue weighted by atomic mass is 10.1. The van der Waals surface area contributed by atoms with E-state index in [1.807, 2.05) is 30.3 Å². The topological polar surface area (TPSA) is 48.1 Å². The molecule has 0 saturated heterocycles. The summed E-state index contributed by atoms with van der Waals surface area (Å²) in [5.74, 6) is -1.80. The van der Waals surface area contributed by atoms with Crippen molar-refractivity contribution in [1.82, 2.24) is 4.98 Å². The molecule has 2 aromatic carbocycles. The third-order valence-electron chi connectivity index (χ3n) is 3.14. The van der Waals surface area contributed by atoms with E-state index in [-0.39, 0.29) is 12.4 Å². The largest absolute Gasteiger partial charge is 0.486 e. The lowest BCUT2D eigenvalue weighted by Gasteiger charge is -2.10. The number of nitrogens with zero attached hydrogens (tertiary/aromatic N) is 1. The number of ether oxygens (including phenoxy) is 1. The molecular weight excluding hydrogens is 274 g/mol.